The number of piperidine rings is 2. The zero-order valence-electron chi connectivity index (χ0n) is 13.7. The van der Waals surface area contributed by atoms with Gasteiger partial charge in [0.25, 0.3) is 5.91 Å². The average molecular weight is 314 g/mol. The Bertz CT molecular complexity index is 547. The Morgan fingerprint density at radius 1 is 1.13 bits per heavy atom. The van der Waals surface area contributed by atoms with E-state index in [0.717, 1.165) is 63.0 Å². The molecule has 2 aliphatic heterocycles. The molecule has 0 unspecified atom stereocenters. The van der Waals surface area contributed by atoms with Gasteiger partial charge in [0, 0.05) is 31.2 Å². The van der Waals surface area contributed by atoms with Gasteiger partial charge < -0.3 is 10.0 Å². The van der Waals surface area contributed by atoms with Crippen molar-refractivity contribution >= 4 is 12.0 Å². The van der Waals surface area contributed by atoms with Crippen molar-refractivity contribution in [2.45, 2.75) is 37.8 Å². The number of hydrogen-bond acceptors (Lipinski definition) is 3. The second-order valence-corrected chi connectivity index (χ2v) is 6.64. The predicted molar refractivity (Wildman–Crippen MR) is 92.3 cm³/mol. The molecule has 4 nitrogen and oxygen atoms in total. The molecule has 0 saturated carbocycles. The van der Waals surface area contributed by atoms with Crippen molar-refractivity contribution in [3.05, 3.63) is 42.0 Å². The largest absolute Gasteiger partial charge is 0.392 e. The molecule has 1 amide bonds. The van der Waals surface area contributed by atoms with E-state index in [1.54, 1.807) is 6.08 Å². The summed E-state index contributed by atoms with van der Waals surface area (Å²) in [6.45, 7) is 7.22. The van der Waals surface area contributed by atoms with E-state index in [4.69, 9.17) is 0 Å². The van der Waals surface area contributed by atoms with Crippen molar-refractivity contribution in [2.75, 3.05) is 26.2 Å². The molecule has 0 bridgehead atoms. The molecule has 3 rings (SSSR count). The summed E-state index contributed by atoms with van der Waals surface area (Å²) in [7, 11) is 0. The molecule has 2 saturated heterocycles. The Balaban J connectivity index is 1.55. The van der Waals surface area contributed by atoms with E-state index in [-0.39, 0.29) is 12.0 Å². The predicted octanol–water partition coefficient (Wildman–Crippen LogP) is 2.39. The van der Waals surface area contributed by atoms with Gasteiger partial charge in [-0.15, -0.1) is 0 Å². The Kier molecular flexibility index (Phi) is 5.13. The fourth-order valence-electron chi connectivity index (χ4n) is 3.69. The van der Waals surface area contributed by atoms with Crippen LogP contribution in [0.15, 0.2) is 30.8 Å². The van der Waals surface area contributed by atoms with Gasteiger partial charge in [0.05, 0.1) is 6.10 Å². The molecule has 2 aliphatic rings. The highest BCUT2D eigenvalue weighted by molar-refractivity contribution is 5.94. The van der Waals surface area contributed by atoms with Gasteiger partial charge >= 0.3 is 0 Å². The zero-order chi connectivity index (χ0) is 16.2. The van der Waals surface area contributed by atoms with Gasteiger partial charge in [0.2, 0.25) is 0 Å². The number of aliphatic hydroxyl groups is 1. The van der Waals surface area contributed by atoms with E-state index >= 15 is 0 Å². The van der Waals surface area contributed by atoms with Crippen LogP contribution in [0.4, 0.5) is 0 Å². The summed E-state index contributed by atoms with van der Waals surface area (Å²) in [6.07, 6.45) is 5.62. The molecule has 1 N–H and O–H groups in total. The SMILES string of the molecule is C=Cc1ccc(C(=O)N2CCC(N3CCC[C@H](O)C3)CC2)cc1. The number of aliphatic hydroxyl groups excluding tert-OH is 1. The summed E-state index contributed by atoms with van der Waals surface area (Å²) in [5, 5.41) is 9.83. The van der Waals surface area contributed by atoms with E-state index < -0.39 is 0 Å². The topological polar surface area (TPSA) is 43.8 Å². The molecule has 1 aromatic rings. The van der Waals surface area contributed by atoms with Gasteiger partial charge in [0.15, 0.2) is 0 Å². The summed E-state index contributed by atoms with van der Waals surface area (Å²) in [5.74, 6) is 0.123. The molecule has 23 heavy (non-hydrogen) atoms. The summed E-state index contributed by atoms with van der Waals surface area (Å²) >= 11 is 0. The van der Waals surface area contributed by atoms with Crippen LogP contribution < -0.4 is 0 Å². The number of nitrogens with zero attached hydrogens (tertiary/aromatic N) is 2. The molecular weight excluding hydrogens is 288 g/mol. The lowest BCUT2D eigenvalue weighted by molar-refractivity contribution is 0.0241. The maximum Gasteiger partial charge on any atom is 0.253 e. The number of likely N-dealkylation sites (tertiary alicyclic amines) is 2. The lowest BCUT2D eigenvalue weighted by Gasteiger charge is -2.41. The van der Waals surface area contributed by atoms with Crippen molar-refractivity contribution < 1.29 is 9.90 Å². The molecule has 124 valence electrons. The molecular formula is C19H26N2O2. The van der Waals surface area contributed by atoms with E-state index in [9.17, 15) is 9.90 Å². The quantitative estimate of drug-likeness (QED) is 0.931. The van der Waals surface area contributed by atoms with Crippen molar-refractivity contribution in [3.8, 4) is 0 Å². The van der Waals surface area contributed by atoms with Crippen molar-refractivity contribution in [2.24, 2.45) is 0 Å². The molecule has 2 heterocycles. The minimum atomic E-state index is -0.174. The fraction of sp³-hybridized carbons (Fsp3) is 0.526. The molecule has 0 aromatic heterocycles. The van der Waals surface area contributed by atoms with Gasteiger partial charge in [0.1, 0.15) is 0 Å². The van der Waals surface area contributed by atoms with Crippen LogP contribution in [0.1, 0.15) is 41.6 Å². The second kappa shape index (κ2) is 7.28. The third kappa shape index (κ3) is 3.82. The van der Waals surface area contributed by atoms with Gasteiger partial charge in [-0.2, -0.15) is 0 Å². The summed E-state index contributed by atoms with van der Waals surface area (Å²) in [4.78, 5) is 17.0. The number of β-amino-alcohol motifs (C(OH)–C–C–N with tert-alkyl or cyclic N) is 1. The smallest absolute Gasteiger partial charge is 0.253 e. The highest BCUT2D eigenvalue weighted by Gasteiger charge is 2.29. The lowest BCUT2D eigenvalue weighted by atomic mass is 9.98. The minimum absolute atomic E-state index is 0.123. The third-order valence-electron chi connectivity index (χ3n) is 5.09. The number of hydrogen-bond donors (Lipinski definition) is 1. The summed E-state index contributed by atoms with van der Waals surface area (Å²) in [5.41, 5.74) is 1.78. The van der Waals surface area contributed by atoms with Crippen LogP contribution in [-0.4, -0.2) is 59.1 Å². The van der Waals surface area contributed by atoms with Crippen molar-refractivity contribution in [1.82, 2.24) is 9.80 Å². The summed E-state index contributed by atoms with van der Waals surface area (Å²) < 4.78 is 0. The van der Waals surface area contributed by atoms with E-state index in [2.05, 4.69) is 11.5 Å². The number of benzene rings is 1. The molecule has 0 spiro atoms. The first-order valence-corrected chi connectivity index (χ1v) is 8.61. The maximum absolute atomic E-state index is 12.6. The Morgan fingerprint density at radius 2 is 1.83 bits per heavy atom. The first kappa shape index (κ1) is 16.2. The third-order valence-corrected chi connectivity index (χ3v) is 5.09. The highest BCUT2D eigenvalue weighted by atomic mass is 16.3. The van der Waals surface area contributed by atoms with Crippen LogP contribution in [-0.2, 0) is 0 Å². The number of carbonyl (C=O) groups excluding carboxylic acids is 1. The van der Waals surface area contributed by atoms with Gasteiger partial charge in [-0.1, -0.05) is 24.8 Å². The standard InChI is InChI=1S/C19H26N2O2/c1-2-15-5-7-16(8-6-15)19(23)20-12-9-17(10-13-20)21-11-3-4-18(22)14-21/h2,5-8,17-18,22H,1,3-4,9-14H2/t18-/m0/s1. The van der Waals surface area contributed by atoms with Gasteiger partial charge in [-0.25, -0.2) is 0 Å². The molecule has 1 aromatic carbocycles. The van der Waals surface area contributed by atoms with Crippen LogP contribution in [0.5, 0.6) is 0 Å². The van der Waals surface area contributed by atoms with Crippen LogP contribution >= 0.6 is 0 Å². The molecule has 0 radical (unpaired) electrons. The van der Waals surface area contributed by atoms with Crippen molar-refractivity contribution in [3.63, 3.8) is 0 Å². The molecule has 4 heteroatoms. The molecule has 2 fully saturated rings. The monoisotopic (exact) mass is 314 g/mol. The van der Waals surface area contributed by atoms with E-state index in [1.165, 1.54) is 0 Å². The first-order chi connectivity index (χ1) is 11.2. The van der Waals surface area contributed by atoms with E-state index in [0.29, 0.717) is 6.04 Å². The Morgan fingerprint density at radius 3 is 2.43 bits per heavy atom. The Hall–Kier alpha value is -1.65. The minimum Gasteiger partial charge on any atom is -0.392 e. The molecule has 1 atom stereocenters. The van der Waals surface area contributed by atoms with Gasteiger partial charge in [-0.05, 0) is 49.9 Å². The second-order valence-electron chi connectivity index (χ2n) is 6.64. The first-order valence-electron chi connectivity index (χ1n) is 8.61. The maximum atomic E-state index is 12.6. The summed E-state index contributed by atoms with van der Waals surface area (Å²) in [6, 6.07) is 8.14. The number of carbonyl (C=O) groups is 1. The van der Waals surface area contributed by atoms with Gasteiger partial charge in [-0.3, -0.25) is 9.69 Å². The van der Waals surface area contributed by atoms with Crippen LogP contribution in [0.25, 0.3) is 6.08 Å². The average Bonchev–Trinajstić information content (AvgIpc) is 2.61. The number of amides is 1. The van der Waals surface area contributed by atoms with Crippen LogP contribution in [0.2, 0.25) is 0 Å². The van der Waals surface area contributed by atoms with Crippen molar-refractivity contribution in [1.29, 1.82) is 0 Å². The van der Waals surface area contributed by atoms with Crippen LogP contribution in [0, 0.1) is 0 Å². The Labute approximate surface area is 138 Å². The molecule has 0 aliphatic carbocycles. The fourth-order valence-corrected chi connectivity index (χ4v) is 3.69. The number of rotatable bonds is 3. The van der Waals surface area contributed by atoms with E-state index in [1.807, 2.05) is 29.2 Å². The van der Waals surface area contributed by atoms with Crippen LogP contribution in [0.3, 0.4) is 0 Å². The lowest BCUT2D eigenvalue weighted by Crippen LogP contribution is -2.50. The normalized spacial score (nSPS) is 23.7. The highest BCUT2D eigenvalue weighted by Crippen LogP contribution is 2.22. The zero-order valence-corrected chi connectivity index (χ0v) is 13.7.